The molecule has 0 fully saturated rings. The summed E-state index contributed by atoms with van der Waals surface area (Å²) in [5.41, 5.74) is 0.933. The molecule has 0 spiro atoms. The first-order valence-electron chi connectivity index (χ1n) is 5.44. The molecule has 1 N–H and O–H groups in total. The van der Waals surface area contributed by atoms with Gasteiger partial charge in [0, 0.05) is 18.5 Å². The number of anilines is 1. The molecule has 1 heterocycles. The lowest BCUT2D eigenvalue weighted by Gasteiger charge is -2.10. The largest absolute Gasteiger partial charge is 0.370 e. The number of nitrogens with one attached hydrogen (secondary N) is 1. The van der Waals surface area contributed by atoms with Gasteiger partial charge in [-0.25, -0.2) is 9.97 Å². The van der Waals surface area contributed by atoms with E-state index in [1.165, 1.54) is 0 Å². The van der Waals surface area contributed by atoms with Crippen molar-refractivity contribution in [2.24, 2.45) is 0 Å². The van der Waals surface area contributed by atoms with Crippen molar-refractivity contribution in [3.05, 3.63) is 16.5 Å². The van der Waals surface area contributed by atoms with Crippen LogP contribution in [0.2, 0.25) is 5.15 Å². The van der Waals surface area contributed by atoms with Crippen LogP contribution in [0.25, 0.3) is 0 Å². The summed E-state index contributed by atoms with van der Waals surface area (Å²) in [6.07, 6.45) is 4.05. The quantitative estimate of drug-likeness (QED) is 0.629. The number of halogens is 1. The van der Waals surface area contributed by atoms with Crippen LogP contribution in [0.3, 0.4) is 0 Å². The smallest absolute Gasteiger partial charge is 0.137 e. The Bertz CT molecular complexity index is 344. The first kappa shape index (κ1) is 13.6. The lowest BCUT2D eigenvalue weighted by Crippen LogP contribution is -2.08. The summed E-state index contributed by atoms with van der Waals surface area (Å²) in [7, 11) is 0. The summed E-state index contributed by atoms with van der Waals surface area (Å²) in [4.78, 5) is 8.64. The van der Waals surface area contributed by atoms with Gasteiger partial charge >= 0.3 is 0 Å². The Labute approximate surface area is 106 Å². The molecule has 1 aromatic rings. The summed E-state index contributed by atoms with van der Waals surface area (Å²) in [6.45, 7) is 4.90. The number of hydrogen-bond donors (Lipinski definition) is 1. The second kappa shape index (κ2) is 6.97. The van der Waals surface area contributed by atoms with Gasteiger partial charge in [-0.1, -0.05) is 18.5 Å². The molecule has 0 radical (unpaired) electrons. The van der Waals surface area contributed by atoms with Crippen LogP contribution in [-0.2, 0) is 6.42 Å². The van der Waals surface area contributed by atoms with Gasteiger partial charge in [-0.3, -0.25) is 0 Å². The topological polar surface area (TPSA) is 37.8 Å². The molecule has 90 valence electrons. The Hall–Kier alpha value is -0.480. The molecule has 0 aliphatic rings. The molecule has 0 aliphatic heterocycles. The van der Waals surface area contributed by atoms with E-state index in [0.29, 0.717) is 5.15 Å². The zero-order chi connectivity index (χ0) is 12.0. The first-order chi connectivity index (χ1) is 7.69. The zero-order valence-electron chi connectivity index (χ0n) is 10.0. The lowest BCUT2D eigenvalue weighted by molar-refractivity contribution is 0.911. The standard InChI is InChI=1S/C11H18ClN3S/c1-4-9-14-10(12)8(2)11(15-9)13-6-5-7-16-3/h4-7H2,1-3H3,(H,13,14,15). The van der Waals surface area contributed by atoms with E-state index in [1.54, 1.807) is 0 Å². The van der Waals surface area contributed by atoms with Crippen molar-refractivity contribution in [2.75, 3.05) is 23.9 Å². The summed E-state index contributed by atoms with van der Waals surface area (Å²) in [5.74, 6) is 2.83. The molecule has 0 bridgehead atoms. The second-order valence-electron chi connectivity index (χ2n) is 3.53. The Morgan fingerprint density at radius 3 is 2.75 bits per heavy atom. The monoisotopic (exact) mass is 259 g/mol. The molecule has 5 heteroatoms. The highest BCUT2D eigenvalue weighted by molar-refractivity contribution is 7.98. The van der Waals surface area contributed by atoms with E-state index in [9.17, 15) is 0 Å². The highest BCUT2D eigenvalue weighted by atomic mass is 35.5. The number of aromatic nitrogens is 2. The van der Waals surface area contributed by atoms with Crippen LogP contribution in [0.15, 0.2) is 0 Å². The number of rotatable bonds is 6. The molecule has 16 heavy (non-hydrogen) atoms. The minimum absolute atomic E-state index is 0.555. The predicted molar refractivity (Wildman–Crippen MR) is 72.6 cm³/mol. The van der Waals surface area contributed by atoms with Crippen LogP contribution in [0, 0.1) is 6.92 Å². The van der Waals surface area contributed by atoms with Crippen molar-refractivity contribution in [2.45, 2.75) is 26.7 Å². The van der Waals surface area contributed by atoms with Crippen molar-refractivity contribution in [1.82, 2.24) is 9.97 Å². The fourth-order valence-electron chi connectivity index (χ4n) is 1.29. The summed E-state index contributed by atoms with van der Waals surface area (Å²) >= 11 is 7.90. The van der Waals surface area contributed by atoms with Gasteiger partial charge in [0.15, 0.2) is 0 Å². The van der Waals surface area contributed by atoms with Crippen LogP contribution < -0.4 is 5.32 Å². The molecule has 0 saturated carbocycles. The molecule has 0 saturated heterocycles. The van der Waals surface area contributed by atoms with Crippen molar-refractivity contribution < 1.29 is 0 Å². The maximum Gasteiger partial charge on any atom is 0.137 e. The molecule has 3 nitrogen and oxygen atoms in total. The molecule has 0 atom stereocenters. The number of hydrogen-bond acceptors (Lipinski definition) is 4. The fraction of sp³-hybridized carbons (Fsp3) is 0.636. The van der Waals surface area contributed by atoms with Crippen LogP contribution in [0.4, 0.5) is 5.82 Å². The Kier molecular flexibility index (Phi) is 5.91. The van der Waals surface area contributed by atoms with Gasteiger partial charge in [0.2, 0.25) is 0 Å². The predicted octanol–water partition coefficient (Wildman–Crippen LogP) is 3.17. The number of aryl methyl sites for hydroxylation is 1. The van der Waals surface area contributed by atoms with Crippen LogP contribution in [0.1, 0.15) is 24.7 Å². The summed E-state index contributed by atoms with van der Waals surface area (Å²) in [5, 5.41) is 3.87. The minimum atomic E-state index is 0.555. The molecule has 1 rings (SSSR count). The summed E-state index contributed by atoms with van der Waals surface area (Å²) < 4.78 is 0. The molecule has 0 amide bonds. The van der Waals surface area contributed by atoms with E-state index in [4.69, 9.17) is 11.6 Å². The molecular weight excluding hydrogens is 242 g/mol. The third-order valence-electron chi connectivity index (χ3n) is 2.27. The van der Waals surface area contributed by atoms with Crippen LogP contribution in [-0.4, -0.2) is 28.5 Å². The Morgan fingerprint density at radius 2 is 2.12 bits per heavy atom. The molecule has 0 aromatic carbocycles. The van der Waals surface area contributed by atoms with Gasteiger partial charge in [0.25, 0.3) is 0 Å². The summed E-state index contributed by atoms with van der Waals surface area (Å²) in [6, 6.07) is 0. The highest BCUT2D eigenvalue weighted by Gasteiger charge is 2.07. The third kappa shape index (κ3) is 3.83. The Balaban J connectivity index is 2.66. The van der Waals surface area contributed by atoms with Crippen LogP contribution >= 0.6 is 23.4 Å². The van der Waals surface area contributed by atoms with Crippen molar-refractivity contribution in [3.63, 3.8) is 0 Å². The van der Waals surface area contributed by atoms with Gasteiger partial charge in [0.1, 0.15) is 16.8 Å². The fourth-order valence-corrected chi connectivity index (χ4v) is 1.91. The van der Waals surface area contributed by atoms with E-state index in [0.717, 1.165) is 42.3 Å². The van der Waals surface area contributed by atoms with Gasteiger partial charge in [-0.05, 0) is 25.4 Å². The maximum absolute atomic E-state index is 6.04. The van der Waals surface area contributed by atoms with Gasteiger partial charge in [0.05, 0.1) is 0 Å². The van der Waals surface area contributed by atoms with E-state index < -0.39 is 0 Å². The lowest BCUT2D eigenvalue weighted by atomic mass is 10.3. The highest BCUT2D eigenvalue weighted by Crippen LogP contribution is 2.19. The van der Waals surface area contributed by atoms with Crippen molar-refractivity contribution in [1.29, 1.82) is 0 Å². The van der Waals surface area contributed by atoms with E-state index in [1.807, 2.05) is 25.6 Å². The second-order valence-corrected chi connectivity index (χ2v) is 4.87. The van der Waals surface area contributed by atoms with Crippen molar-refractivity contribution in [3.8, 4) is 0 Å². The molecule has 1 aromatic heterocycles. The molecule has 0 unspecified atom stereocenters. The zero-order valence-corrected chi connectivity index (χ0v) is 11.6. The van der Waals surface area contributed by atoms with Crippen molar-refractivity contribution >= 4 is 29.2 Å². The van der Waals surface area contributed by atoms with Gasteiger partial charge in [-0.15, -0.1) is 0 Å². The SMILES string of the molecule is CCc1nc(Cl)c(C)c(NCCCSC)n1. The molecule has 0 aliphatic carbocycles. The average Bonchev–Trinajstić information content (AvgIpc) is 2.29. The first-order valence-corrected chi connectivity index (χ1v) is 7.22. The Morgan fingerprint density at radius 1 is 1.38 bits per heavy atom. The van der Waals surface area contributed by atoms with E-state index >= 15 is 0 Å². The number of nitrogens with zero attached hydrogens (tertiary/aromatic N) is 2. The normalized spacial score (nSPS) is 10.5. The number of thioether (sulfide) groups is 1. The maximum atomic E-state index is 6.04. The minimum Gasteiger partial charge on any atom is -0.370 e. The van der Waals surface area contributed by atoms with Gasteiger partial charge < -0.3 is 5.32 Å². The van der Waals surface area contributed by atoms with E-state index in [-0.39, 0.29) is 0 Å². The van der Waals surface area contributed by atoms with E-state index in [2.05, 4.69) is 21.5 Å². The molecular formula is C11H18ClN3S. The third-order valence-corrected chi connectivity index (χ3v) is 3.33. The average molecular weight is 260 g/mol. The van der Waals surface area contributed by atoms with Gasteiger partial charge in [-0.2, -0.15) is 11.8 Å². The van der Waals surface area contributed by atoms with Crippen LogP contribution in [0.5, 0.6) is 0 Å².